The average molecular weight is 470 g/mol. The number of carbonyl (C=O) groups excluding carboxylic acids is 1. The van der Waals surface area contributed by atoms with E-state index in [1.54, 1.807) is 5.32 Å². The molecule has 1 amide bonds. The van der Waals surface area contributed by atoms with Crippen LogP contribution in [0.1, 0.15) is 17.4 Å². The number of benzene rings is 1. The summed E-state index contributed by atoms with van der Waals surface area (Å²) in [6.45, 7) is -1.30. The number of aliphatic hydroxyl groups is 1. The second-order valence-corrected chi connectivity index (χ2v) is 8.36. The third kappa shape index (κ3) is 6.17. The van der Waals surface area contributed by atoms with E-state index in [0.29, 0.717) is 11.1 Å². The zero-order valence-electron chi connectivity index (χ0n) is 15.5. The zero-order valence-corrected chi connectivity index (χ0v) is 16.3. The number of nitrogens with one attached hydrogen (secondary N) is 1. The van der Waals surface area contributed by atoms with E-state index in [1.807, 2.05) is 0 Å². The molecule has 2 aromatic rings. The standard InChI is InChI=1S/C18H16F6N2O4S/c19-7-14(26-17(28)16(20)21)15(27)11-3-1-10(2-4-11)12-5-6-13(25-8-12)9-31(29,30)18(22,23)24/h1-6,8,14-16,27H,7,9H2,(H,26,28). The van der Waals surface area contributed by atoms with E-state index >= 15 is 0 Å². The first-order valence-electron chi connectivity index (χ1n) is 8.52. The predicted molar refractivity (Wildman–Crippen MR) is 97.2 cm³/mol. The van der Waals surface area contributed by atoms with E-state index in [1.165, 1.54) is 30.3 Å². The van der Waals surface area contributed by atoms with Gasteiger partial charge < -0.3 is 10.4 Å². The van der Waals surface area contributed by atoms with Crippen molar-refractivity contribution in [3.63, 3.8) is 0 Å². The lowest BCUT2D eigenvalue weighted by Crippen LogP contribution is -2.43. The molecular weight excluding hydrogens is 454 g/mol. The average Bonchev–Trinajstić information content (AvgIpc) is 2.71. The first-order valence-corrected chi connectivity index (χ1v) is 10.2. The maximum Gasteiger partial charge on any atom is 0.497 e. The number of rotatable bonds is 8. The Kier molecular flexibility index (Phi) is 7.65. The molecule has 0 saturated carbocycles. The van der Waals surface area contributed by atoms with Gasteiger partial charge in [-0.1, -0.05) is 30.3 Å². The summed E-state index contributed by atoms with van der Waals surface area (Å²) in [5, 5.41) is 11.8. The van der Waals surface area contributed by atoms with E-state index in [0.717, 1.165) is 12.3 Å². The van der Waals surface area contributed by atoms with Gasteiger partial charge in [0.05, 0.1) is 11.7 Å². The molecule has 1 aromatic carbocycles. The van der Waals surface area contributed by atoms with E-state index < -0.39 is 52.3 Å². The summed E-state index contributed by atoms with van der Waals surface area (Å²) in [5.41, 5.74) is -4.71. The van der Waals surface area contributed by atoms with Crippen LogP contribution in [0.4, 0.5) is 26.3 Å². The van der Waals surface area contributed by atoms with Gasteiger partial charge in [0.2, 0.25) is 0 Å². The quantitative estimate of drug-likeness (QED) is 0.579. The highest BCUT2D eigenvalue weighted by Gasteiger charge is 2.45. The van der Waals surface area contributed by atoms with Gasteiger partial charge in [0.25, 0.3) is 15.7 Å². The van der Waals surface area contributed by atoms with Crippen LogP contribution in [0.5, 0.6) is 0 Å². The summed E-state index contributed by atoms with van der Waals surface area (Å²) in [5.74, 6) is -3.03. The van der Waals surface area contributed by atoms with Crippen molar-refractivity contribution in [1.82, 2.24) is 10.3 Å². The molecule has 0 radical (unpaired) electrons. The molecule has 1 heterocycles. The Hall–Kier alpha value is -2.67. The molecule has 1 aromatic heterocycles. The predicted octanol–water partition coefficient (Wildman–Crippen LogP) is 2.94. The number of hydrogen-bond donors (Lipinski definition) is 2. The normalized spacial score (nSPS) is 14.3. The Morgan fingerprint density at radius 3 is 2.10 bits per heavy atom. The molecular formula is C18H16F6N2O4S. The van der Waals surface area contributed by atoms with Crippen LogP contribution in [-0.2, 0) is 20.4 Å². The van der Waals surface area contributed by atoms with Crippen LogP contribution in [0, 0.1) is 0 Å². The van der Waals surface area contributed by atoms with Gasteiger partial charge in [-0.3, -0.25) is 9.78 Å². The molecule has 2 atom stereocenters. The summed E-state index contributed by atoms with van der Waals surface area (Å²) >= 11 is 0. The fourth-order valence-electron chi connectivity index (χ4n) is 2.51. The minimum atomic E-state index is -5.39. The Bertz CT molecular complexity index is 995. The van der Waals surface area contributed by atoms with E-state index in [4.69, 9.17) is 0 Å². The second kappa shape index (κ2) is 9.64. The van der Waals surface area contributed by atoms with Crippen LogP contribution in [0.15, 0.2) is 42.6 Å². The number of halogens is 6. The highest BCUT2D eigenvalue weighted by Crippen LogP contribution is 2.27. The Balaban J connectivity index is 2.13. The van der Waals surface area contributed by atoms with Gasteiger partial charge in [-0.15, -0.1) is 0 Å². The molecule has 2 unspecified atom stereocenters. The molecule has 0 spiro atoms. The highest BCUT2D eigenvalue weighted by atomic mass is 32.2. The van der Waals surface area contributed by atoms with Crippen LogP contribution in [0.25, 0.3) is 11.1 Å². The molecule has 170 valence electrons. The van der Waals surface area contributed by atoms with Gasteiger partial charge in [0.15, 0.2) is 0 Å². The topological polar surface area (TPSA) is 96.4 Å². The van der Waals surface area contributed by atoms with Crippen molar-refractivity contribution in [2.75, 3.05) is 6.67 Å². The van der Waals surface area contributed by atoms with Gasteiger partial charge in [-0.25, -0.2) is 12.8 Å². The summed E-state index contributed by atoms with van der Waals surface area (Å²) in [6.07, 6.45) is -3.83. The number of amides is 1. The van der Waals surface area contributed by atoms with Crippen LogP contribution < -0.4 is 5.32 Å². The van der Waals surface area contributed by atoms with E-state index in [2.05, 4.69) is 4.98 Å². The van der Waals surface area contributed by atoms with Crippen molar-refractivity contribution in [2.24, 2.45) is 0 Å². The third-order valence-electron chi connectivity index (χ3n) is 4.17. The molecule has 6 nitrogen and oxygen atoms in total. The molecule has 2 N–H and O–H groups in total. The summed E-state index contributed by atoms with van der Waals surface area (Å²) in [4.78, 5) is 14.7. The van der Waals surface area contributed by atoms with Crippen molar-refractivity contribution >= 4 is 15.7 Å². The molecule has 0 aliphatic rings. The molecule has 0 fully saturated rings. The van der Waals surface area contributed by atoms with Crippen molar-refractivity contribution in [3.05, 3.63) is 53.9 Å². The molecule has 0 aliphatic heterocycles. The first-order chi connectivity index (χ1) is 14.4. The van der Waals surface area contributed by atoms with Crippen molar-refractivity contribution < 1.29 is 44.7 Å². The second-order valence-electron chi connectivity index (χ2n) is 6.38. The minimum absolute atomic E-state index is 0.113. The lowest BCUT2D eigenvalue weighted by Gasteiger charge is -2.22. The van der Waals surface area contributed by atoms with Gasteiger partial charge in [0, 0.05) is 11.8 Å². The number of hydrogen-bond acceptors (Lipinski definition) is 5. The summed E-state index contributed by atoms with van der Waals surface area (Å²) in [7, 11) is -5.37. The molecule has 31 heavy (non-hydrogen) atoms. The molecule has 0 aliphatic carbocycles. The lowest BCUT2D eigenvalue weighted by atomic mass is 9.99. The number of alkyl halides is 6. The molecule has 2 rings (SSSR count). The number of sulfone groups is 1. The number of carbonyl (C=O) groups is 1. The van der Waals surface area contributed by atoms with Gasteiger partial charge in [-0.05, 0) is 17.2 Å². The maximum absolute atomic E-state index is 13.0. The summed E-state index contributed by atoms with van der Waals surface area (Å²) in [6, 6.07) is 6.40. The molecule has 0 bridgehead atoms. The Morgan fingerprint density at radius 1 is 1.06 bits per heavy atom. The van der Waals surface area contributed by atoms with Crippen LogP contribution in [0.3, 0.4) is 0 Å². The summed E-state index contributed by atoms with van der Waals surface area (Å²) < 4.78 is 97.3. The maximum atomic E-state index is 13.0. The monoisotopic (exact) mass is 470 g/mol. The Morgan fingerprint density at radius 2 is 1.65 bits per heavy atom. The largest absolute Gasteiger partial charge is 0.497 e. The van der Waals surface area contributed by atoms with Gasteiger partial charge >= 0.3 is 11.9 Å². The van der Waals surface area contributed by atoms with E-state index in [-0.39, 0.29) is 11.3 Å². The van der Waals surface area contributed by atoms with Crippen LogP contribution in [0.2, 0.25) is 0 Å². The van der Waals surface area contributed by atoms with Gasteiger partial charge in [-0.2, -0.15) is 22.0 Å². The Labute approximate surface area is 172 Å². The SMILES string of the molecule is O=C(NC(CF)C(O)c1ccc(-c2ccc(CS(=O)(=O)C(F)(F)F)nc2)cc1)C(F)F. The number of pyridine rings is 1. The number of nitrogens with zero attached hydrogens (tertiary/aromatic N) is 1. The number of aromatic nitrogens is 1. The molecule has 0 saturated heterocycles. The van der Waals surface area contributed by atoms with Crippen LogP contribution in [-0.4, -0.2) is 49.1 Å². The van der Waals surface area contributed by atoms with Crippen molar-refractivity contribution in [1.29, 1.82) is 0 Å². The van der Waals surface area contributed by atoms with Crippen molar-refractivity contribution in [3.8, 4) is 11.1 Å². The fourth-order valence-corrected chi connectivity index (χ4v) is 3.23. The zero-order chi connectivity index (χ0) is 23.4. The lowest BCUT2D eigenvalue weighted by molar-refractivity contribution is -0.133. The first kappa shape index (κ1) is 24.6. The molecule has 13 heteroatoms. The minimum Gasteiger partial charge on any atom is -0.386 e. The van der Waals surface area contributed by atoms with Gasteiger partial charge in [0.1, 0.15) is 18.5 Å². The number of aliphatic hydroxyl groups excluding tert-OH is 1. The third-order valence-corrected chi connectivity index (χ3v) is 5.56. The van der Waals surface area contributed by atoms with Crippen LogP contribution >= 0.6 is 0 Å². The highest BCUT2D eigenvalue weighted by molar-refractivity contribution is 7.91. The van der Waals surface area contributed by atoms with E-state index in [9.17, 15) is 44.7 Å². The fraction of sp³-hybridized carbons (Fsp3) is 0.333. The smallest absolute Gasteiger partial charge is 0.386 e. The van der Waals surface area contributed by atoms with Crippen molar-refractivity contribution in [2.45, 2.75) is 29.8 Å².